The lowest BCUT2D eigenvalue weighted by atomic mass is 10.2. The summed E-state index contributed by atoms with van der Waals surface area (Å²) in [4.78, 5) is 4.07. The number of amidine groups is 1. The molecule has 0 fully saturated rings. The normalized spacial score (nSPS) is 11.3. The lowest BCUT2D eigenvalue weighted by Crippen LogP contribution is -2.10. The lowest BCUT2D eigenvalue weighted by Gasteiger charge is -1.99. The molecule has 0 unspecified atom stereocenters. The molecule has 0 atom stereocenters. The van der Waals surface area contributed by atoms with E-state index in [0.717, 1.165) is 18.4 Å². The molecule has 0 saturated carbocycles. The third-order valence-electron chi connectivity index (χ3n) is 1.28. The quantitative estimate of drug-likeness (QED) is 0.374. The van der Waals surface area contributed by atoms with Crippen LogP contribution in [0.4, 0.5) is 0 Å². The second-order valence-corrected chi connectivity index (χ2v) is 2.58. The zero-order chi connectivity index (χ0) is 8.85. The molecule has 0 aromatic carbocycles. The maximum atomic E-state index is 5.57. The highest BCUT2D eigenvalue weighted by Gasteiger charge is 1.93. The highest BCUT2D eigenvalue weighted by Crippen LogP contribution is 2.05. The lowest BCUT2D eigenvalue weighted by molar-refractivity contribution is 0.979. The van der Waals surface area contributed by atoms with E-state index in [9.17, 15) is 0 Å². The van der Waals surface area contributed by atoms with E-state index in [1.165, 1.54) is 0 Å². The fraction of sp³-hybridized carbons (Fsp3) is 0.444. The van der Waals surface area contributed by atoms with Gasteiger partial charge in [-0.05, 0) is 18.9 Å². The number of nitrogens with zero attached hydrogens (tertiary/aromatic N) is 1. The van der Waals surface area contributed by atoms with E-state index in [0.29, 0.717) is 11.5 Å². The van der Waals surface area contributed by atoms with Crippen molar-refractivity contribution in [2.24, 2.45) is 10.7 Å². The van der Waals surface area contributed by atoms with Crippen LogP contribution in [0.3, 0.4) is 0 Å². The topological polar surface area (TPSA) is 38.4 Å². The summed E-state index contributed by atoms with van der Waals surface area (Å²) in [5, 5.41) is 0. The molecule has 0 saturated heterocycles. The number of nitrogens with two attached hydrogens (primary N) is 1. The summed E-state index contributed by atoms with van der Waals surface area (Å²) in [7, 11) is 0. The summed E-state index contributed by atoms with van der Waals surface area (Å²) in [6, 6.07) is 0. The van der Waals surface area contributed by atoms with Crippen LogP contribution in [0.5, 0.6) is 0 Å². The highest BCUT2D eigenvalue weighted by atomic mass is 14.9. The van der Waals surface area contributed by atoms with E-state index in [-0.39, 0.29) is 0 Å². The van der Waals surface area contributed by atoms with Crippen LogP contribution in [0.25, 0.3) is 0 Å². The van der Waals surface area contributed by atoms with E-state index in [2.05, 4.69) is 25.1 Å². The van der Waals surface area contributed by atoms with E-state index in [1.807, 2.05) is 6.92 Å². The van der Waals surface area contributed by atoms with Crippen molar-refractivity contribution in [3.63, 3.8) is 0 Å². The molecule has 0 rings (SSSR count). The fourth-order valence-corrected chi connectivity index (χ4v) is 0.581. The van der Waals surface area contributed by atoms with Gasteiger partial charge in [0.15, 0.2) is 0 Å². The van der Waals surface area contributed by atoms with Crippen LogP contribution in [-0.4, -0.2) is 5.84 Å². The Morgan fingerprint density at radius 1 is 1.45 bits per heavy atom. The molecule has 11 heavy (non-hydrogen) atoms. The first kappa shape index (κ1) is 9.95. The minimum absolute atomic E-state index is 0.639. The maximum absolute atomic E-state index is 5.57. The fourth-order valence-electron chi connectivity index (χ4n) is 0.581. The highest BCUT2D eigenvalue weighted by molar-refractivity contribution is 5.81. The molecule has 2 nitrogen and oxygen atoms in total. The first-order chi connectivity index (χ1) is 5.07. The number of aliphatic imine (C=N–C) groups is 1. The third kappa shape index (κ3) is 4.37. The molecule has 2 heteroatoms. The van der Waals surface area contributed by atoms with Crippen molar-refractivity contribution in [1.29, 1.82) is 0 Å². The molecule has 0 heterocycles. The predicted octanol–water partition coefficient (Wildman–Crippen LogP) is 2.23. The molecule has 0 aliphatic carbocycles. The first-order valence-electron chi connectivity index (χ1n) is 3.75. The number of allylic oxidation sites excluding steroid dienone is 1. The maximum Gasteiger partial charge on any atom is 0.0996 e. The Balaban J connectivity index is 4.08. The predicted molar refractivity (Wildman–Crippen MR) is 50.5 cm³/mol. The second kappa shape index (κ2) is 4.72. The van der Waals surface area contributed by atoms with Gasteiger partial charge in [0, 0.05) is 6.42 Å². The smallest absolute Gasteiger partial charge is 0.0996 e. The van der Waals surface area contributed by atoms with Crippen molar-refractivity contribution < 1.29 is 0 Å². The van der Waals surface area contributed by atoms with Gasteiger partial charge in [0.1, 0.15) is 0 Å². The van der Waals surface area contributed by atoms with Crippen molar-refractivity contribution in [3.8, 4) is 0 Å². The minimum Gasteiger partial charge on any atom is -0.387 e. The summed E-state index contributed by atoms with van der Waals surface area (Å²) in [5.41, 5.74) is 7.11. The van der Waals surface area contributed by atoms with Crippen LogP contribution in [0, 0.1) is 0 Å². The Bertz CT molecular complexity index is 190. The van der Waals surface area contributed by atoms with E-state index < -0.39 is 0 Å². The van der Waals surface area contributed by atoms with Crippen molar-refractivity contribution in [2.75, 3.05) is 0 Å². The third-order valence-corrected chi connectivity index (χ3v) is 1.28. The molecule has 0 bridgehead atoms. The van der Waals surface area contributed by atoms with Gasteiger partial charge >= 0.3 is 0 Å². The van der Waals surface area contributed by atoms with Gasteiger partial charge in [0.2, 0.25) is 0 Å². The van der Waals surface area contributed by atoms with Crippen molar-refractivity contribution in [3.05, 3.63) is 24.4 Å². The van der Waals surface area contributed by atoms with Gasteiger partial charge in [0.05, 0.1) is 11.5 Å². The van der Waals surface area contributed by atoms with Gasteiger partial charge < -0.3 is 5.73 Å². The Morgan fingerprint density at radius 3 is 2.36 bits per heavy atom. The second-order valence-electron chi connectivity index (χ2n) is 2.58. The van der Waals surface area contributed by atoms with Gasteiger partial charge in [-0.2, -0.15) is 0 Å². The largest absolute Gasteiger partial charge is 0.387 e. The summed E-state index contributed by atoms with van der Waals surface area (Å²) in [5.74, 6) is 0.639. The zero-order valence-corrected chi connectivity index (χ0v) is 7.35. The number of rotatable bonds is 4. The molecule has 0 aromatic heterocycles. The molecule has 0 radical (unpaired) electrons. The Morgan fingerprint density at radius 2 is 2.00 bits per heavy atom. The SMILES string of the molecule is C=C(C)C(=C)N=C(N)CCC. The molecule has 0 aromatic rings. The van der Waals surface area contributed by atoms with Crippen molar-refractivity contribution in [1.82, 2.24) is 0 Å². The molecule has 0 amide bonds. The summed E-state index contributed by atoms with van der Waals surface area (Å²) in [6.45, 7) is 11.3. The van der Waals surface area contributed by atoms with Crippen LogP contribution in [0.2, 0.25) is 0 Å². The number of hydrogen-bond acceptors (Lipinski definition) is 1. The summed E-state index contributed by atoms with van der Waals surface area (Å²) < 4.78 is 0. The van der Waals surface area contributed by atoms with Crippen LogP contribution in [-0.2, 0) is 0 Å². The van der Waals surface area contributed by atoms with Crippen LogP contribution in [0.1, 0.15) is 26.7 Å². The first-order valence-corrected chi connectivity index (χ1v) is 3.75. The van der Waals surface area contributed by atoms with E-state index in [1.54, 1.807) is 0 Å². The zero-order valence-electron chi connectivity index (χ0n) is 7.35. The molecule has 2 N–H and O–H groups in total. The summed E-state index contributed by atoms with van der Waals surface area (Å²) in [6.07, 6.45) is 1.84. The minimum atomic E-state index is 0.639. The van der Waals surface area contributed by atoms with Crippen molar-refractivity contribution in [2.45, 2.75) is 26.7 Å². The van der Waals surface area contributed by atoms with Crippen LogP contribution >= 0.6 is 0 Å². The van der Waals surface area contributed by atoms with Gasteiger partial charge in [0.25, 0.3) is 0 Å². The Kier molecular flexibility index (Phi) is 4.27. The Labute approximate surface area is 68.5 Å². The van der Waals surface area contributed by atoms with Gasteiger partial charge in [-0.25, -0.2) is 4.99 Å². The van der Waals surface area contributed by atoms with Gasteiger partial charge in [-0.15, -0.1) is 0 Å². The van der Waals surface area contributed by atoms with Crippen LogP contribution < -0.4 is 5.73 Å². The molecular formula is C9H16N2. The van der Waals surface area contributed by atoms with Gasteiger partial charge in [-0.1, -0.05) is 20.1 Å². The summed E-state index contributed by atoms with van der Waals surface area (Å²) >= 11 is 0. The Hall–Kier alpha value is -1.05. The van der Waals surface area contributed by atoms with Crippen molar-refractivity contribution >= 4 is 5.84 Å². The van der Waals surface area contributed by atoms with E-state index in [4.69, 9.17) is 5.73 Å². The van der Waals surface area contributed by atoms with Gasteiger partial charge in [-0.3, -0.25) is 0 Å². The standard InChI is InChI=1S/C9H16N2/c1-5-6-9(10)11-8(4)7(2)3/h2,4-6H2,1,3H3,(H2,10,11). The molecular weight excluding hydrogens is 136 g/mol. The molecule has 0 spiro atoms. The number of hydrogen-bond donors (Lipinski definition) is 1. The monoisotopic (exact) mass is 152 g/mol. The molecule has 62 valence electrons. The average Bonchev–Trinajstić information content (AvgIpc) is 1.87. The molecule has 0 aliphatic rings. The van der Waals surface area contributed by atoms with E-state index >= 15 is 0 Å². The molecule has 0 aliphatic heterocycles. The average molecular weight is 152 g/mol. The van der Waals surface area contributed by atoms with Crippen LogP contribution in [0.15, 0.2) is 29.4 Å².